The van der Waals surface area contributed by atoms with E-state index in [0.29, 0.717) is 25.7 Å². The molecule has 103 heavy (non-hydrogen) atoms. The minimum Gasteiger partial charge on any atom is -0.462 e. The van der Waals surface area contributed by atoms with Gasteiger partial charge in [-0.25, -0.2) is 9.13 Å². The summed E-state index contributed by atoms with van der Waals surface area (Å²) in [4.78, 5) is 73.1. The van der Waals surface area contributed by atoms with Crippen LogP contribution in [0.1, 0.15) is 446 Å². The zero-order valence-electron chi connectivity index (χ0n) is 67.6. The van der Waals surface area contributed by atoms with Gasteiger partial charge in [0.15, 0.2) is 12.2 Å². The Morgan fingerprint density at radius 2 is 0.495 bits per heavy atom. The number of phosphoric ester groups is 2. The summed E-state index contributed by atoms with van der Waals surface area (Å²) in [5.74, 6) is -0.492. The molecule has 0 saturated carbocycles. The molecule has 0 aliphatic rings. The number of rotatable bonds is 83. The van der Waals surface area contributed by atoms with Crippen molar-refractivity contribution in [1.29, 1.82) is 0 Å². The zero-order chi connectivity index (χ0) is 75.6. The highest BCUT2D eigenvalue weighted by Crippen LogP contribution is 2.45. The van der Waals surface area contributed by atoms with Crippen molar-refractivity contribution >= 4 is 39.5 Å². The lowest BCUT2D eigenvalue weighted by atomic mass is 9.99. The van der Waals surface area contributed by atoms with Crippen molar-refractivity contribution in [1.82, 2.24) is 0 Å². The summed E-state index contributed by atoms with van der Waals surface area (Å²) >= 11 is 0. The fraction of sp³-hybridized carbons (Fsp3) is 0.952. The first-order chi connectivity index (χ1) is 49.9. The molecule has 612 valence electrons. The van der Waals surface area contributed by atoms with Crippen LogP contribution in [0, 0.1) is 11.8 Å². The third-order valence-corrected chi connectivity index (χ3v) is 22.0. The summed E-state index contributed by atoms with van der Waals surface area (Å²) in [6, 6.07) is 0. The molecule has 6 atom stereocenters. The van der Waals surface area contributed by atoms with Crippen molar-refractivity contribution in [3.05, 3.63) is 0 Å². The van der Waals surface area contributed by atoms with Crippen molar-refractivity contribution in [3.8, 4) is 0 Å². The Morgan fingerprint density at radius 1 is 0.282 bits per heavy atom. The summed E-state index contributed by atoms with van der Waals surface area (Å²) in [5.41, 5.74) is 0. The first-order valence-electron chi connectivity index (χ1n) is 43.5. The van der Waals surface area contributed by atoms with E-state index in [1.165, 1.54) is 263 Å². The second-order valence-corrected chi connectivity index (χ2v) is 33.8. The first-order valence-corrected chi connectivity index (χ1v) is 46.5. The summed E-state index contributed by atoms with van der Waals surface area (Å²) < 4.78 is 68.8. The average Bonchev–Trinajstić information content (AvgIpc) is 0.919. The van der Waals surface area contributed by atoms with E-state index >= 15 is 0 Å². The zero-order valence-corrected chi connectivity index (χ0v) is 69.4. The van der Waals surface area contributed by atoms with Crippen LogP contribution in [0.2, 0.25) is 0 Å². The molecular weight excluding hydrogens is 1340 g/mol. The molecular formula is C84H164O17P2. The number of carbonyl (C=O) groups excluding carboxylic acids is 4. The highest BCUT2D eigenvalue weighted by atomic mass is 31.2. The van der Waals surface area contributed by atoms with Crippen molar-refractivity contribution in [3.63, 3.8) is 0 Å². The van der Waals surface area contributed by atoms with E-state index in [9.17, 15) is 43.2 Å². The summed E-state index contributed by atoms with van der Waals surface area (Å²) in [5, 5.41) is 10.7. The molecule has 0 amide bonds. The molecule has 0 spiro atoms. The van der Waals surface area contributed by atoms with Gasteiger partial charge in [-0.2, -0.15) is 0 Å². The molecule has 0 saturated heterocycles. The minimum atomic E-state index is -4.96. The largest absolute Gasteiger partial charge is 0.472 e. The molecule has 0 fully saturated rings. The number of aliphatic hydroxyl groups is 1. The van der Waals surface area contributed by atoms with Crippen LogP contribution in [0.4, 0.5) is 0 Å². The van der Waals surface area contributed by atoms with Gasteiger partial charge in [0.25, 0.3) is 0 Å². The number of hydrogen-bond donors (Lipinski definition) is 3. The standard InChI is InChI=1S/C84H164O17P2/c1-7-10-12-14-16-18-19-20-21-22-23-24-25-26-27-28-33-38-44-50-56-62-68-83(88)101-80(73-95-82(87)67-61-55-49-43-37-32-30-29-31-36-42-47-53-59-65-77(6)9-3)75-99-103(92,93)97-71-78(85)70-96-102(90,91)98-74-79(72-94-81(86)66-60-54-48-40-17-15-13-11-8-2)100-84(89)69-63-57-51-45-39-34-35-41-46-52-58-64-76(4)5/h76-80,85H,7-75H2,1-6H3,(H,90,91)(H,92,93)/t77?,78-,79+,80+/m0/s1. The quantitative estimate of drug-likeness (QED) is 0.0222. The Bertz CT molecular complexity index is 1980. The lowest BCUT2D eigenvalue weighted by Crippen LogP contribution is -2.30. The Hall–Kier alpha value is -1.94. The minimum absolute atomic E-state index is 0.107. The molecule has 0 rings (SSSR count). The van der Waals surface area contributed by atoms with Gasteiger partial charge in [-0.1, -0.05) is 395 Å². The van der Waals surface area contributed by atoms with Crippen LogP contribution >= 0.6 is 15.6 Å². The number of unbranched alkanes of at least 4 members (excludes halogenated alkanes) is 52. The molecule has 3 N–H and O–H groups in total. The fourth-order valence-electron chi connectivity index (χ4n) is 13.0. The van der Waals surface area contributed by atoms with E-state index < -0.39 is 97.5 Å². The maximum absolute atomic E-state index is 13.1. The van der Waals surface area contributed by atoms with Crippen molar-refractivity contribution in [2.45, 2.75) is 464 Å². The first kappa shape index (κ1) is 101. The Labute approximate surface area is 632 Å². The van der Waals surface area contributed by atoms with Crippen molar-refractivity contribution < 1.29 is 80.2 Å². The third kappa shape index (κ3) is 76.6. The van der Waals surface area contributed by atoms with E-state index in [0.717, 1.165) is 102 Å². The highest BCUT2D eigenvalue weighted by Gasteiger charge is 2.30. The number of carbonyl (C=O) groups is 4. The topological polar surface area (TPSA) is 237 Å². The van der Waals surface area contributed by atoms with Gasteiger partial charge in [0.2, 0.25) is 0 Å². The van der Waals surface area contributed by atoms with E-state index in [-0.39, 0.29) is 25.7 Å². The average molecular weight is 1510 g/mol. The number of aliphatic hydroxyl groups excluding tert-OH is 1. The van der Waals surface area contributed by atoms with Crippen LogP contribution in [0.3, 0.4) is 0 Å². The molecule has 0 heterocycles. The number of ether oxygens (including phenoxy) is 4. The molecule has 17 nitrogen and oxygen atoms in total. The molecule has 0 radical (unpaired) electrons. The van der Waals surface area contributed by atoms with Gasteiger partial charge >= 0.3 is 39.5 Å². The Balaban J connectivity index is 5.20. The van der Waals surface area contributed by atoms with Crippen LogP contribution in [-0.4, -0.2) is 96.7 Å². The van der Waals surface area contributed by atoms with Gasteiger partial charge in [0.1, 0.15) is 19.3 Å². The van der Waals surface area contributed by atoms with Crippen LogP contribution in [0.25, 0.3) is 0 Å². The molecule has 0 aromatic heterocycles. The van der Waals surface area contributed by atoms with Gasteiger partial charge in [0, 0.05) is 25.7 Å². The maximum atomic E-state index is 13.1. The van der Waals surface area contributed by atoms with Gasteiger partial charge in [0.05, 0.1) is 26.4 Å². The van der Waals surface area contributed by atoms with Crippen LogP contribution in [0.15, 0.2) is 0 Å². The molecule has 0 aromatic rings. The normalized spacial score (nSPS) is 14.1. The van der Waals surface area contributed by atoms with Gasteiger partial charge in [-0.3, -0.25) is 37.3 Å². The second-order valence-electron chi connectivity index (χ2n) is 30.9. The fourth-order valence-corrected chi connectivity index (χ4v) is 14.6. The third-order valence-electron chi connectivity index (χ3n) is 20.1. The lowest BCUT2D eigenvalue weighted by molar-refractivity contribution is -0.161. The van der Waals surface area contributed by atoms with Crippen LogP contribution in [-0.2, 0) is 65.4 Å². The van der Waals surface area contributed by atoms with Gasteiger partial charge in [-0.05, 0) is 37.5 Å². The molecule has 0 aliphatic carbocycles. The monoisotopic (exact) mass is 1510 g/mol. The predicted molar refractivity (Wildman–Crippen MR) is 423 cm³/mol. The van der Waals surface area contributed by atoms with Gasteiger partial charge < -0.3 is 33.8 Å². The summed E-state index contributed by atoms with van der Waals surface area (Å²) in [6.45, 7) is 9.69. The van der Waals surface area contributed by atoms with E-state index in [2.05, 4.69) is 41.5 Å². The van der Waals surface area contributed by atoms with Gasteiger partial charge in [-0.15, -0.1) is 0 Å². The SMILES string of the molecule is CCCCCCCCCCCCCCCCCCCCCCCCC(=O)O[C@H](COC(=O)CCCCCCCCCCCCCCCCC(C)CC)COP(=O)(O)OC[C@@H](O)COP(=O)(O)OC[C@@H](COC(=O)CCCCCCCCCCC)OC(=O)CCCCCCCCCCCCCC(C)C. The van der Waals surface area contributed by atoms with Crippen LogP contribution in [0.5, 0.6) is 0 Å². The highest BCUT2D eigenvalue weighted by molar-refractivity contribution is 7.47. The maximum Gasteiger partial charge on any atom is 0.472 e. The molecule has 3 unspecified atom stereocenters. The predicted octanol–water partition coefficient (Wildman–Crippen LogP) is 25.5. The molecule has 0 aliphatic heterocycles. The second kappa shape index (κ2) is 75.5. The van der Waals surface area contributed by atoms with Crippen molar-refractivity contribution in [2.75, 3.05) is 39.6 Å². The van der Waals surface area contributed by atoms with E-state index in [1.54, 1.807) is 0 Å². The van der Waals surface area contributed by atoms with Crippen molar-refractivity contribution in [2.24, 2.45) is 11.8 Å². The summed E-state index contributed by atoms with van der Waals surface area (Å²) in [7, 11) is -9.92. The summed E-state index contributed by atoms with van der Waals surface area (Å²) in [6.07, 6.45) is 66.7. The number of hydrogen-bond acceptors (Lipinski definition) is 15. The van der Waals surface area contributed by atoms with Crippen LogP contribution < -0.4 is 0 Å². The van der Waals surface area contributed by atoms with E-state index in [1.807, 2.05) is 0 Å². The molecule has 19 heteroatoms. The Morgan fingerprint density at radius 3 is 0.738 bits per heavy atom. The molecule has 0 aromatic carbocycles. The smallest absolute Gasteiger partial charge is 0.462 e. The number of esters is 4. The van der Waals surface area contributed by atoms with E-state index in [4.69, 9.17) is 37.0 Å². The Kier molecular flexibility index (Phi) is 74.1. The number of phosphoric acid groups is 2. The lowest BCUT2D eigenvalue weighted by Gasteiger charge is -2.21. The molecule has 0 bridgehead atoms.